The second-order valence-corrected chi connectivity index (χ2v) is 4.78. The Bertz CT molecular complexity index is 724. The number of anilines is 1. The molecule has 0 spiro atoms. The molecule has 7 heteroatoms. The third kappa shape index (κ3) is 2.79. The molecule has 2 nitrogen and oxygen atoms in total. The molecule has 0 saturated carbocycles. The minimum atomic E-state index is -2.31. The number of nitrogens with one attached hydrogen (secondary N) is 1. The highest BCUT2D eigenvalue weighted by molar-refractivity contribution is 6.04. The van der Waals surface area contributed by atoms with Crippen molar-refractivity contribution in [2.24, 2.45) is 0 Å². The zero-order valence-electron chi connectivity index (χ0n) is 11.5. The van der Waals surface area contributed by atoms with E-state index in [1.165, 1.54) is 12.1 Å². The van der Waals surface area contributed by atoms with E-state index in [0.29, 0.717) is 0 Å². The average Bonchev–Trinajstić information content (AvgIpc) is 2.42. The molecule has 0 bridgehead atoms. The van der Waals surface area contributed by atoms with Crippen molar-refractivity contribution < 1.29 is 26.7 Å². The molecule has 0 atom stereocenters. The minimum Gasteiger partial charge on any atom is -0.322 e. The molecule has 0 aromatic heterocycles. The third-order valence-corrected chi connectivity index (χ3v) is 2.92. The fraction of sp³-hybridized carbons (Fsp3) is 0.133. The number of amides is 1. The Kier molecular flexibility index (Phi) is 4.16. The predicted octanol–water partition coefficient (Wildman–Crippen LogP) is 4.25. The molecule has 1 amide bonds. The van der Waals surface area contributed by atoms with Crippen molar-refractivity contribution in [3.63, 3.8) is 0 Å². The van der Waals surface area contributed by atoms with Crippen LogP contribution in [0.3, 0.4) is 0 Å². The number of benzene rings is 2. The summed E-state index contributed by atoms with van der Waals surface area (Å²) in [5, 5.41) is 2.12. The maximum absolute atomic E-state index is 13.5. The number of rotatable bonds is 2. The van der Waals surface area contributed by atoms with Gasteiger partial charge >= 0.3 is 0 Å². The SMILES string of the molecule is Cc1cc(C)cc(NC(=O)c2c(F)c(F)c(F)c(F)c2F)c1. The van der Waals surface area contributed by atoms with Crippen molar-refractivity contribution in [1.82, 2.24) is 0 Å². The molecule has 0 fully saturated rings. The minimum absolute atomic E-state index is 0.187. The number of aryl methyl sites for hydroxylation is 2. The average molecular weight is 315 g/mol. The van der Waals surface area contributed by atoms with Crippen molar-refractivity contribution in [2.75, 3.05) is 5.32 Å². The van der Waals surface area contributed by atoms with Crippen molar-refractivity contribution in [2.45, 2.75) is 13.8 Å². The number of carbonyl (C=O) groups excluding carboxylic acids is 1. The normalized spacial score (nSPS) is 10.7. The molecule has 1 N–H and O–H groups in total. The zero-order chi connectivity index (χ0) is 16.6. The maximum Gasteiger partial charge on any atom is 0.261 e. The Morgan fingerprint density at radius 2 is 1.18 bits per heavy atom. The Labute approximate surface area is 122 Å². The molecule has 2 rings (SSSR count). The van der Waals surface area contributed by atoms with Gasteiger partial charge in [0.15, 0.2) is 23.3 Å². The fourth-order valence-corrected chi connectivity index (χ4v) is 2.04. The highest BCUT2D eigenvalue weighted by Gasteiger charge is 2.29. The van der Waals surface area contributed by atoms with E-state index < -0.39 is 40.6 Å². The smallest absolute Gasteiger partial charge is 0.261 e. The van der Waals surface area contributed by atoms with Gasteiger partial charge in [-0.05, 0) is 37.1 Å². The topological polar surface area (TPSA) is 29.1 Å². The van der Waals surface area contributed by atoms with Crippen molar-refractivity contribution >= 4 is 11.6 Å². The van der Waals surface area contributed by atoms with Gasteiger partial charge in [0.1, 0.15) is 5.56 Å². The molecule has 0 unspecified atom stereocenters. The molecule has 116 valence electrons. The van der Waals surface area contributed by atoms with Crippen molar-refractivity contribution in [3.05, 3.63) is 64.0 Å². The summed E-state index contributed by atoms with van der Waals surface area (Å²) < 4.78 is 66.2. The van der Waals surface area contributed by atoms with E-state index in [9.17, 15) is 26.7 Å². The molecule has 0 radical (unpaired) electrons. The Balaban J connectivity index is 2.46. The first-order valence-corrected chi connectivity index (χ1v) is 6.13. The maximum atomic E-state index is 13.5. The quantitative estimate of drug-likeness (QED) is 0.501. The molecule has 0 saturated heterocycles. The lowest BCUT2D eigenvalue weighted by atomic mass is 10.1. The summed E-state index contributed by atoms with van der Waals surface area (Å²) >= 11 is 0. The van der Waals surface area contributed by atoms with E-state index in [1.807, 2.05) is 0 Å². The van der Waals surface area contributed by atoms with E-state index in [0.717, 1.165) is 11.1 Å². The van der Waals surface area contributed by atoms with Gasteiger partial charge in [0.05, 0.1) is 0 Å². The standard InChI is InChI=1S/C15H10F5NO/c1-6-3-7(2)5-8(4-6)21-15(22)9-10(16)12(18)14(20)13(19)11(9)17/h3-5H,1-2H3,(H,21,22). The van der Waals surface area contributed by atoms with Crippen LogP contribution in [0.25, 0.3) is 0 Å². The van der Waals surface area contributed by atoms with Gasteiger partial charge in [-0.1, -0.05) is 6.07 Å². The molecule has 0 aliphatic carbocycles. The molecule has 2 aromatic rings. The van der Waals surface area contributed by atoms with E-state index in [1.54, 1.807) is 19.9 Å². The largest absolute Gasteiger partial charge is 0.322 e. The Morgan fingerprint density at radius 1 is 0.773 bits per heavy atom. The van der Waals surface area contributed by atoms with E-state index in [-0.39, 0.29) is 5.69 Å². The number of hydrogen-bond acceptors (Lipinski definition) is 1. The molecule has 0 heterocycles. The van der Waals surface area contributed by atoms with Crippen LogP contribution in [-0.4, -0.2) is 5.91 Å². The predicted molar refractivity (Wildman–Crippen MR) is 70.1 cm³/mol. The van der Waals surface area contributed by atoms with Crippen LogP contribution in [0, 0.1) is 42.9 Å². The first-order valence-electron chi connectivity index (χ1n) is 6.13. The third-order valence-electron chi connectivity index (χ3n) is 2.92. The Hall–Kier alpha value is -2.44. The van der Waals surface area contributed by atoms with Crippen molar-refractivity contribution in [3.8, 4) is 0 Å². The van der Waals surface area contributed by atoms with E-state index >= 15 is 0 Å². The van der Waals surface area contributed by atoms with Crippen LogP contribution >= 0.6 is 0 Å². The van der Waals surface area contributed by atoms with Gasteiger partial charge in [0, 0.05) is 5.69 Å². The lowest BCUT2D eigenvalue weighted by Crippen LogP contribution is -2.19. The monoisotopic (exact) mass is 315 g/mol. The lowest BCUT2D eigenvalue weighted by Gasteiger charge is -2.10. The van der Waals surface area contributed by atoms with Gasteiger partial charge in [-0.2, -0.15) is 0 Å². The molecule has 22 heavy (non-hydrogen) atoms. The van der Waals surface area contributed by atoms with E-state index in [2.05, 4.69) is 5.32 Å². The van der Waals surface area contributed by atoms with Crippen LogP contribution in [-0.2, 0) is 0 Å². The fourth-order valence-electron chi connectivity index (χ4n) is 2.04. The highest BCUT2D eigenvalue weighted by Crippen LogP contribution is 2.24. The van der Waals surface area contributed by atoms with Gasteiger partial charge in [-0.15, -0.1) is 0 Å². The zero-order valence-corrected chi connectivity index (χ0v) is 11.5. The Morgan fingerprint density at radius 3 is 1.64 bits per heavy atom. The first-order chi connectivity index (χ1) is 10.2. The second-order valence-electron chi connectivity index (χ2n) is 4.78. The van der Waals surface area contributed by atoms with Crippen LogP contribution < -0.4 is 5.32 Å². The molecular weight excluding hydrogens is 305 g/mol. The van der Waals surface area contributed by atoms with Gasteiger partial charge in [0.2, 0.25) is 5.82 Å². The summed E-state index contributed by atoms with van der Waals surface area (Å²) in [6.07, 6.45) is 0. The summed E-state index contributed by atoms with van der Waals surface area (Å²) in [4.78, 5) is 11.8. The molecule has 2 aromatic carbocycles. The summed E-state index contributed by atoms with van der Waals surface area (Å²) in [5.74, 6) is -12.4. The van der Waals surface area contributed by atoms with Crippen molar-refractivity contribution in [1.29, 1.82) is 0 Å². The summed E-state index contributed by atoms with van der Waals surface area (Å²) in [5.41, 5.74) is 0.183. The van der Waals surface area contributed by atoms with Crippen LogP contribution in [0.2, 0.25) is 0 Å². The van der Waals surface area contributed by atoms with Crippen LogP contribution in [0.4, 0.5) is 27.6 Å². The lowest BCUT2D eigenvalue weighted by molar-refractivity contribution is 0.101. The summed E-state index contributed by atoms with van der Waals surface area (Å²) in [7, 11) is 0. The van der Waals surface area contributed by atoms with Crippen LogP contribution in [0.15, 0.2) is 18.2 Å². The highest BCUT2D eigenvalue weighted by atomic mass is 19.2. The van der Waals surface area contributed by atoms with Crippen LogP contribution in [0.1, 0.15) is 21.5 Å². The molecule has 0 aliphatic rings. The summed E-state index contributed by atoms with van der Waals surface area (Å²) in [6.45, 7) is 3.45. The number of carbonyl (C=O) groups is 1. The van der Waals surface area contributed by atoms with Gasteiger partial charge in [-0.25, -0.2) is 22.0 Å². The van der Waals surface area contributed by atoms with E-state index in [4.69, 9.17) is 0 Å². The number of halogens is 5. The number of hydrogen-bond donors (Lipinski definition) is 1. The van der Waals surface area contributed by atoms with Gasteiger partial charge in [-0.3, -0.25) is 4.79 Å². The first kappa shape index (κ1) is 15.9. The van der Waals surface area contributed by atoms with Gasteiger partial charge in [0.25, 0.3) is 5.91 Å². The molecule has 0 aliphatic heterocycles. The summed E-state index contributed by atoms with van der Waals surface area (Å²) in [6, 6.07) is 4.78. The van der Waals surface area contributed by atoms with Gasteiger partial charge < -0.3 is 5.32 Å². The van der Waals surface area contributed by atoms with Crippen LogP contribution in [0.5, 0.6) is 0 Å². The second kappa shape index (κ2) is 5.75. The molecular formula is C15H10F5NO.